The van der Waals surface area contributed by atoms with Crippen LogP contribution >= 0.6 is 0 Å². The number of amides is 2. The highest BCUT2D eigenvalue weighted by molar-refractivity contribution is 6.05. The molecule has 0 saturated carbocycles. The Bertz CT molecular complexity index is 1170. The summed E-state index contributed by atoms with van der Waals surface area (Å²) in [4.78, 5) is 41.0. The lowest BCUT2D eigenvalue weighted by atomic mass is 10.1. The third-order valence-corrected chi connectivity index (χ3v) is 5.14. The lowest BCUT2D eigenvalue weighted by Crippen LogP contribution is -2.45. The molecular formula is C26H24F2N2O5. The second-order valence-electron chi connectivity index (χ2n) is 7.52. The fourth-order valence-corrected chi connectivity index (χ4v) is 3.41. The summed E-state index contributed by atoms with van der Waals surface area (Å²) in [5.74, 6) is -2.85. The van der Waals surface area contributed by atoms with Gasteiger partial charge in [0.1, 0.15) is 30.5 Å². The van der Waals surface area contributed by atoms with Crippen molar-refractivity contribution in [2.45, 2.75) is 6.42 Å². The minimum absolute atomic E-state index is 0.118. The van der Waals surface area contributed by atoms with Crippen molar-refractivity contribution in [3.05, 3.63) is 90.0 Å². The lowest BCUT2D eigenvalue weighted by molar-refractivity contribution is -0.139. The topological polar surface area (TPSA) is 76.2 Å². The van der Waals surface area contributed by atoms with Gasteiger partial charge in [0.05, 0.1) is 20.6 Å². The first-order valence-corrected chi connectivity index (χ1v) is 10.6. The highest BCUT2D eigenvalue weighted by Crippen LogP contribution is 2.22. The van der Waals surface area contributed by atoms with E-state index in [2.05, 4.69) is 0 Å². The van der Waals surface area contributed by atoms with Crippen molar-refractivity contribution < 1.29 is 32.6 Å². The molecule has 0 heterocycles. The average Bonchev–Trinajstić information content (AvgIpc) is 2.85. The van der Waals surface area contributed by atoms with Crippen LogP contribution in [0.2, 0.25) is 0 Å². The van der Waals surface area contributed by atoms with Crippen LogP contribution in [0.25, 0.3) is 0 Å². The number of anilines is 2. The molecule has 0 aliphatic heterocycles. The summed E-state index contributed by atoms with van der Waals surface area (Å²) in [5.41, 5.74) is 0.928. The maximum absolute atomic E-state index is 13.7. The van der Waals surface area contributed by atoms with Crippen LogP contribution in [-0.2, 0) is 25.5 Å². The molecule has 0 aliphatic rings. The average molecular weight is 482 g/mol. The fourth-order valence-electron chi connectivity index (χ4n) is 3.41. The van der Waals surface area contributed by atoms with E-state index in [1.165, 1.54) is 24.0 Å². The molecule has 0 fully saturated rings. The Morgan fingerprint density at radius 3 is 1.89 bits per heavy atom. The molecule has 0 bridgehead atoms. The number of benzene rings is 3. The summed E-state index contributed by atoms with van der Waals surface area (Å²) in [6, 6.07) is 17.7. The van der Waals surface area contributed by atoms with Crippen molar-refractivity contribution in [1.82, 2.24) is 0 Å². The van der Waals surface area contributed by atoms with Gasteiger partial charge >= 0.3 is 5.97 Å². The molecular weight excluding hydrogens is 458 g/mol. The summed E-state index contributed by atoms with van der Waals surface area (Å²) in [5, 5.41) is 0. The molecule has 182 valence electrons. The third-order valence-electron chi connectivity index (χ3n) is 5.14. The summed E-state index contributed by atoms with van der Waals surface area (Å²) in [6.07, 6.45) is -0.351. The van der Waals surface area contributed by atoms with E-state index in [1.807, 2.05) is 0 Å². The van der Waals surface area contributed by atoms with E-state index in [-0.39, 0.29) is 18.5 Å². The SMILES string of the molecule is COC(=O)CN(C(=O)CN(C(=O)Cc1cc(F)cc(F)c1)c1ccc(OC)cc1)c1ccccc1. The van der Waals surface area contributed by atoms with Crippen molar-refractivity contribution >= 4 is 29.2 Å². The molecule has 0 saturated heterocycles. The second kappa shape index (κ2) is 11.7. The quantitative estimate of drug-likeness (QED) is 0.434. The predicted molar refractivity (Wildman–Crippen MR) is 126 cm³/mol. The van der Waals surface area contributed by atoms with Crippen LogP contribution in [0.5, 0.6) is 5.75 Å². The molecule has 7 nitrogen and oxygen atoms in total. The van der Waals surface area contributed by atoms with Crippen LogP contribution in [0.4, 0.5) is 20.2 Å². The van der Waals surface area contributed by atoms with Gasteiger partial charge in [-0.3, -0.25) is 19.3 Å². The number of hydrogen-bond acceptors (Lipinski definition) is 5. The number of ether oxygens (including phenoxy) is 2. The van der Waals surface area contributed by atoms with Crippen LogP contribution < -0.4 is 14.5 Å². The van der Waals surface area contributed by atoms with Crippen LogP contribution in [0.15, 0.2) is 72.8 Å². The van der Waals surface area contributed by atoms with Crippen molar-refractivity contribution in [1.29, 1.82) is 0 Å². The Morgan fingerprint density at radius 1 is 0.743 bits per heavy atom. The number of rotatable bonds is 9. The number of esters is 1. The normalized spacial score (nSPS) is 10.4. The zero-order valence-corrected chi connectivity index (χ0v) is 19.2. The molecule has 0 aromatic heterocycles. The van der Waals surface area contributed by atoms with Gasteiger partial charge in [0.2, 0.25) is 11.8 Å². The number of carbonyl (C=O) groups excluding carboxylic acids is 3. The molecule has 0 unspecified atom stereocenters. The van der Waals surface area contributed by atoms with Gasteiger partial charge in [0, 0.05) is 17.4 Å². The van der Waals surface area contributed by atoms with Gasteiger partial charge in [-0.1, -0.05) is 18.2 Å². The maximum Gasteiger partial charge on any atom is 0.325 e. The smallest absolute Gasteiger partial charge is 0.325 e. The van der Waals surface area contributed by atoms with Crippen molar-refractivity contribution in [2.24, 2.45) is 0 Å². The largest absolute Gasteiger partial charge is 0.497 e. The van der Waals surface area contributed by atoms with Crippen LogP contribution in [-0.4, -0.2) is 45.1 Å². The number of halogens is 2. The molecule has 3 rings (SSSR count). The van der Waals surface area contributed by atoms with E-state index in [4.69, 9.17) is 9.47 Å². The molecule has 0 atom stereocenters. The van der Waals surface area contributed by atoms with Crippen LogP contribution in [0.3, 0.4) is 0 Å². The van der Waals surface area contributed by atoms with E-state index in [1.54, 1.807) is 54.6 Å². The molecule has 0 radical (unpaired) electrons. The fraction of sp³-hybridized carbons (Fsp3) is 0.192. The predicted octanol–water partition coefficient (Wildman–Crippen LogP) is 3.76. The Kier molecular flexibility index (Phi) is 8.50. The third kappa shape index (κ3) is 6.86. The van der Waals surface area contributed by atoms with E-state index >= 15 is 0 Å². The summed E-state index contributed by atoms with van der Waals surface area (Å²) < 4.78 is 37.2. The van der Waals surface area contributed by atoms with E-state index in [0.717, 1.165) is 12.1 Å². The van der Waals surface area contributed by atoms with Gasteiger partial charge in [-0.25, -0.2) is 8.78 Å². The first kappa shape index (κ1) is 25.4. The molecule has 3 aromatic carbocycles. The van der Waals surface area contributed by atoms with E-state index < -0.39 is 36.0 Å². The van der Waals surface area contributed by atoms with Gasteiger partial charge in [-0.2, -0.15) is 0 Å². The zero-order valence-electron chi connectivity index (χ0n) is 19.2. The highest BCUT2D eigenvalue weighted by atomic mass is 19.1. The first-order valence-electron chi connectivity index (χ1n) is 10.6. The minimum Gasteiger partial charge on any atom is -0.497 e. The van der Waals surface area contributed by atoms with Crippen molar-refractivity contribution in [2.75, 3.05) is 37.1 Å². The molecule has 0 N–H and O–H groups in total. The molecule has 0 spiro atoms. The Balaban J connectivity index is 1.92. The zero-order chi connectivity index (χ0) is 25.4. The van der Waals surface area contributed by atoms with Crippen molar-refractivity contribution in [3.63, 3.8) is 0 Å². The van der Waals surface area contributed by atoms with E-state index in [0.29, 0.717) is 23.2 Å². The first-order chi connectivity index (χ1) is 16.8. The number of para-hydroxylation sites is 1. The van der Waals surface area contributed by atoms with Gasteiger partial charge in [0.25, 0.3) is 0 Å². The van der Waals surface area contributed by atoms with Gasteiger partial charge in [-0.15, -0.1) is 0 Å². The van der Waals surface area contributed by atoms with E-state index in [9.17, 15) is 23.2 Å². The monoisotopic (exact) mass is 482 g/mol. The summed E-state index contributed by atoms with van der Waals surface area (Å²) in [6.45, 7) is -0.798. The Morgan fingerprint density at radius 2 is 1.31 bits per heavy atom. The molecule has 9 heteroatoms. The lowest BCUT2D eigenvalue weighted by Gasteiger charge is -2.27. The maximum atomic E-state index is 13.7. The number of nitrogens with zero attached hydrogens (tertiary/aromatic N) is 2. The van der Waals surface area contributed by atoms with Gasteiger partial charge in [0.15, 0.2) is 0 Å². The second-order valence-corrected chi connectivity index (χ2v) is 7.52. The number of hydrogen-bond donors (Lipinski definition) is 0. The Hall–Kier alpha value is -4.27. The molecule has 0 aliphatic carbocycles. The minimum atomic E-state index is -0.812. The van der Waals surface area contributed by atoms with Gasteiger partial charge < -0.3 is 14.4 Å². The summed E-state index contributed by atoms with van der Waals surface area (Å²) >= 11 is 0. The van der Waals surface area contributed by atoms with Crippen LogP contribution in [0.1, 0.15) is 5.56 Å². The molecule has 3 aromatic rings. The Labute approximate surface area is 201 Å². The number of carbonyl (C=O) groups is 3. The summed E-state index contributed by atoms with van der Waals surface area (Å²) in [7, 11) is 2.70. The van der Waals surface area contributed by atoms with Crippen molar-refractivity contribution in [3.8, 4) is 5.75 Å². The standard InChI is InChI=1S/C26H24F2N2O5/c1-34-23-10-8-22(9-11-23)29(24(31)14-18-12-19(27)15-20(28)13-18)16-25(32)30(17-26(33)35-2)21-6-4-3-5-7-21/h3-13,15H,14,16-17H2,1-2H3. The highest BCUT2D eigenvalue weighted by Gasteiger charge is 2.26. The van der Waals surface area contributed by atoms with Gasteiger partial charge in [-0.05, 0) is 54.1 Å². The van der Waals surface area contributed by atoms with Crippen LogP contribution in [0, 0.1) is 11.6 Å². The molecule has 2 amide bonds. The number of methoxy groups -OCH3 is 2. The molecule has 35 heavy (non-hydrogen) atoms.